The van der Waals surface area contributed by atoms with Crippen molar-refractivity contribution in [1.29, 1.82) is 0 Å². The van der Waals surface area contributed by atoms with Crippen molar-refractivity contribution in [3.8, 4) is 0 Å². The van der Waals surface area contributed by atoms with Crippen molar-refractivity contribution in [3.05, 3.63) is 79.4 Å². The maximum atomic E-state index is 13.0. The zero-order chi connectivity index (χ0) is 31.3. The van der Waals surface area contributed by atoms with Gasteiger partial charge in [0, 0.05) is 18.6 Å². The van der Waals surface area contributed by atoms with E-state index in [2.05, 4.69) is 65.8 Å². The minimum absolute atomic E-state index is 0.0228. The molecule has 5 rings (SSSR count). The number of nitrogens with zero attached hydrogens (tertiary/aromatic N) is 2. The summed E-state index contributed by atoms with van der Waals surface area (Å²) in [5, 5.41) is 22.6. The van der Waals surface area contributed by atoms with Crippen molar-refractivity contribution in [2.45, 2.75) is 92.6 Å². The monoisotopic (exact) mass is 590 g/mol. The topological polar surface area (TPSA) is 113 Å². The first-order valence-electron chi connectivity index (χ1n) is 16.0. The second kappa shape index (κ2) is 11.7. The number of rotatable bonds is 8. The molecule has 8 heteroatoms. The molecule has 4 aliphatic rings. The van der Waals surface area contributed by atoms with Crippen LogP contribution in [0.15, 0.2) is 53.6 Å². The number of nitro benzene ring substituents is 2. The van der Waals surface area contributed by atoms with Crippen LogP contribution in [0.2, 0.25) is 0 Å². The summed E-state index contributed by atoms with van der Waals surface area (Å²) in [6, 6.07) is 2.95. The fraction of sp³-hybridized carbons (Fsp3) is 0.629. The van der Waals surface area contributed by atoms with Gasteiger partial charge in [-0.05, 0) is 84.9 Å². The van der Waals surface area contributed by atoms with Crippen LogP contribution in [0.5, 0.6) is 0 Å². The molecule has 0 saturated heterocycles. The van der Waals surface area contributed by atoms with Crippen LogP contribution in [0, 0.1) is 66.6 Å². The molecular formula is C35H46N2O6. The summed E-state index contributed by atoms with van der Waals surface area (Å²) in [5.74, 6) is 2.83. The van der Waals surface area contributed by atoms with Crippen LogP contribution < -0.4 is 0 Å². The van der Waals surface area contributed by atoms with Crippen LogP contribution in [0.3, 0.4) is 0 Å². The first-order chi connectivity index (χ1) is 20.2. The van der Waals surface area contributed by atoms with Crippen molar-refractivity contribution in [2.24, 2.45) is 46.3 Å². The summed E-state index contributed by atoms with van der Waals surface area (Å²) < 4.78 is 5.80. The summed E-state index contributed by atoms with van der Waals surface area (Å²) >= 11 is 0. The fourth-order valence-electron chi connectivity index (χ4n) is 8.82. The quantitative estimate of drug-likeness (QED) is 0.129. The lowest BCUT2D eigenvalue weighted by Crippen LogP contribution is -2.46. The number of carbonyl (C=O) groups is 1. The van der Waals surface area contributed by atoms with E-state index in [9.17, 15) is 25.0 Å². The van der Waals surface area contributed by atoms with Crippen LogP contribution in [-0.4, -0.2) is 21.9 Å². The Morgan fingerprint density at radius 3 is 2.21 bits per heavy atom. The largest absolute Gasteiger partial charge is 0.458 e. The lowest BCUT2D eigenvalue weighted by atomic mass is 9.50. The Labute approximate surface area is 255 Å². The number of fused-ring (bicyclic) bond motifs is 5. The molecule has 0 unspecified atom stereocenters. The van der Waals surface area contributed by atoms with Gasteiger partial charge in [0.1, 0.15) is 6.10 Å². The van der Waals surface area contributed by atoms with Gasteiger partial charge in [0.15, 0.2) is 0 Å². The maximum Gasteiger partial charge on any atom is 0.338 e. The molecule has 0 radical (unpaired) electrons. The number of benzene rings is 1. The third-order valence-electron chi connectivity index (χ3n) is 11.8. The predicted molar refractivity (Wildman–Crippen MR) is 166 cm³/mol. The average molecular weight is 591 g/mol. The Morgan fingerprint density at radius 1 is 0.907 bits per heavy atom. The Balaban J connectivity index is 1.31. The summed E-state index contributed by atoms with van der Waals surface area (Å²) in [6.45, 7) is 14.2. The van der Waals surface area contributed by atoms with Gasteiger partial charge in [0.25, 0.3) is 11.4 Å². The van der Waals surface area contributed by atoms with Crippen LogP contribution >= 0.6 is 0 Å². The highest BCUT2D eigenvalue weighted by molar-refractivity contribution is 5.91. The van der Waals surface area contributed by atoms with Gasteiger partial charge in [0.2, 0.25) is 0 Å². The predicted octanol–water partition coefficient (Wildman–Crippen LogP) is 9.01. The lowest BCUT2D eigenvalue weighted by Gasteiger charge is -2.55. The van der Waals surface area contributed by atoms with Crippen molar-refractivity contribution in [1.82, 2.24) is 0 Å². The van der Waals surface area contributed by atoms with Crippen LogP contribution in [0.4, 0.5) is 11.4 Å². The number of allylic oxidation sites excluding steroid dienone is 5. The number of hydrogen-bond donors (Lipinski definition) is 0. The Hall–Kier alpha value is -3.29. The molecule has 0 N–H and O–H groups in total. The van der Waals surface area contributed by atoms with E-state index >= 15 is 0 Å². The number of hydrogen-bond acceptors (Lipinski definition) is 6. The van der Waals surface area contributed by atoms with E-state index in [1.54, 1.807) is 5.57 Å². The van der Waals surface area contributed by atoms with E-state index in [0.717, 1.165) is 24.6 Å². The minimum atomic E-state index is -0.760. The highest BCUT2D eigenvalue weighted by Gasteiger charge is 2.57. The molecule has 0 aromatic heterocycles. The summed E-state index contributed by atoms with van der Waals surface area (Å²) in [5.41, 5.74) is 2.08. The second-order valence-electron chi connectivity index (χ2n) is 14.5. The SMILES string of the molecule is CC(C)[C@@H](C)/C=C/[C@@H](C)[C@@H]1CC[C@H]2C3=CC=C4C[C@@H](OC(=O)c5cc([N+](=O)[O-])cc([N+](=O)[O-])c5)CC[C@@]4(C)[C@@H]3CC[C@@]21C. The number of nitro groups is 2. The van der Waals surface area contributed by atoms with Crippen molar-refractivity contribution < 1.29 is 19.4 Å². The average Bonchev–Trinajstić information content (AvgIpc) is 3.32. The van der Waals surface area contributed by atoms with Gasteiger partial charge in [-0.1, -0.05) is 77.0 Å². The van der Waals surface area contributed by atoms with Crippen molar-refractivity contribution in [2.75, 3.05) is 0 Å². The van der Waals surface area contributed by atoms with Gasteiger partial charge < -0.3 is 4.74 Å². The standard InChI is InChI=1S/C35H46N2O6/c1-21(2)22(3)7-8-23(4)30-11-12-31-29-10-9-25-19-28(13-15-34(25,5)32(29)14-16-35(30,31)6)43-33(38)24-17-26(36(39)40)20-27(18-24)37(41)42/h7-10,17-18,20-23,28,30-32H,11-16,19H2,1-6H3/b8-7+/t22-,23+,28-,30-,31-,32+,34+,35+/m0/s1. The second-order valence-corrected chi connectivity index (χ2v) is 14.5. The maximum absolute atomic E-state index is 13.0. The van der Waals surface area contributed by atoms with Crippen molar-refractivity contribution >= 4 is 17.3 Å². The Bertz CT molecular complexity index is 1360. The van der Waals surface area contributed by atoms with Gasteiger partial charge in [-0.2, -0.15) is 0 Å². The normalized spacial score (nSPS) is 33.1. The number of esters is 1. The molecular weight excluding hydrogens is 544 g/mol. The van der Waals surface area contributed by atoms with E-state index < -0.39 is 27.2 Å². The van der Waals surface area contributed by atoms with Crippen LogP contribution in [-0.2, 0) is 4.74 Å². The number of carbonyl (C=O) groups excluding carboxylic acids is 1. The number of non-ortho nitro benzene ring substituents is 2. The molecule has 8 atom stereocenters. The van der Waals surface area contributed by atoms with Crippen LogP contribution in [0.25, 0.3) is 0 Å². The highest BCUT2D eigenvalue weighted by Crippen LogP contribution is 2.66. The molecule has 0 amide bonds. The molecule has 0 heterocycles. The lowest BCUT2D eigenvalue weighted by molar-refractivity contribution is -0.394. The molecule has 0 spiro atoms. The van der Waals surface area contributed by atoms with E-state index in [4.69, 9.17) is 4.74 Å². The third-order valence-corrected chi connectivity index (χ3v) is 11.8. The van der Waals surface area contributed by atoms with Crippen LogP contribution in [0.1, 0.15) is 96.8 Å². The first-order valence-corrected chi connectivity index (χ1v) is 16.0. The first kappa shape index (κ1) is 31.1. The number of ether oxygens (including phenoxy) is 1. The molecule has 0 aliphatic heterocycles. The highest BCUT2D eigenvalue weighted by atomic mass is 16.6. The summed E-state index contributed by atoms with van der Waals surface area (Å²) in [4.78, 5) is 34.1. The third kappa shape index (κ3) is 5.69. The molecule has 1 aromatic rings. The molecule has 1 aromatic carbocycles. The van der Waals surface area contributed by atoms with E-state index in [-0.39, 0.29) is 17.1 Å². The van der Waals surface area contributed by atoms with E-state index in [1.165, 1.54) is 31.3 Å². The van der Waals surface area contributed by atoms with Gasteiger partial charge in [-0.3, -0.25) is 20.2 Å². The Kier molecular flexibility index (Phi) is 8.45. The molecule has 8 nitrogen and oxygen atoms in total. The summed E-state index contributed by atoms with van der Waals surface area (Å²) in [6.07, 6.45) is 16.3. The molecule has 232 valence electrons. The molecule has 4 aliphatic carbocycles. The molecule has 0 bridgehead atoms. The minimum Gasteiger partial charge on any atom is -0.458 e. The zero-order valence-electron chi connectivity index (χ0n) is 26.4. The van der Waals surface area contributed by atoms with Gasteiger partial charge in [-0.25, -0.2) is 4.79 Å². The van der Waals surface area contributed by atoms with Crippen molar-refractivity contribution in [3.63, 3.8) is 0 Å². The molecule has 43 heavy (non-hydrogen) atoms. The zero-order valence-corrected chi connectivity index (χ0v) is 26.4. The Morgan fingerprint density at radius 2 is 1.58 bits per heavy atom. The smallest absolute Gasteiger partial charge is 0.338 e. The van der Waals surface area contributed by atoms with Gasteiger partial charge in [0.05, 0.1) is 21.5 Å². The van der Waals surface area contributed by atoms with E-state index in [1.807, 2.05) is 0 Å². The van der Waals surface area contributed by atoms with E-state index in [0.29, 0.717) is 53.8 Å². The van der Waals surface area contributed by atoms with Gasteiger partial charge >= 0.3 is 5.97 Å². The molecule has 3 saturated carbocycles. The molecule has 3 fully saturated rings. The fourth-order valence-corrected chi connectivity index (χ4v) is 8.82. The van der Waals surface area contributed by atoms with Gasteiger partial charge in [-0.15, -0.1) is 0 Å². The summed E-state index contributed by atoms with van der Waals surface area (Å²) in [7, 11) is 0.